The Morgan fingerprint density at radius 3 is 2.47 bits per heavy atom. The number of aromatic nitrogens is 4. The van der Waals surface area contributed by atoms with Crippen LogP contribution in [-0.2, 0) is 16.0 Å². The van der Waals surface area contributed by atoms with E-state index in [1.807, 2.05) is 0 Å². The van der Waals surface area contributed by atoms with Gasteiger partial charge in [0, 0.05) is 30.9 Å². The third kappa shape index (κ3) is 4.70. The monoisotopic (exact) mass is 549 g/mol. The lowest BCUT2D eigenvalue weighted by molar-refractivity contribution is -0.137. The molecule has 0 bridgehead atoms. The molecule has 0 spiro atoms. The molecule has 2 aromatic heterocycles. The zero-order chi connectivity index (χ0) is 26.9. The summed E-state index contributed by atoms with van der Waals surface area (Å²) >= 11 is 0. The largest absolute Gasteiger partial charge is 0.416 e. The molecular formula is C25H30F3N7O2S. The number of benzene rings is 1. The first-order valence-electron chi connectivity index (χ1n) is 12.8. The zero-order valence-corrected chi connectivity index (χ0v) is 21.8. The van der Waals surface area contributed by atoms with E-state index >= 15 is 0 Å². The molecular weight excluding hydrogens is 519 g/mol. The summed E-state index contributed by atoms with van der Waals surface area (Å²) in [4.78, 5) is 11.6. The molecule has 0 amide bonds. The first kappa shape index (κ1) is 25.4. The van der Waals surface area contributed by atoms with E-state index in [0.29, 0.717) is 41.6 Å². The van der Waals surface area contributed by atoms with Gasteiger partial charge in [-0.2, -0.15) is 28.2 Å². The lowest BCUT2D eigenvalue weighted by Gasteiger charge is -2.36. The Labute approximate surface area is 218 Å². The van der Waals surface area contributed by atoms with E-state index in [1.165, 1.54) is 17.0 Å². The molecule has 2 aliphatic carbocycles. The van der Waals surface area contributed by atoms with E-state index in [1.54, 1.807) is 12.3 Å². The van der Waals surface area contributed by atoms with Gasteiger partial charge in [-0.05, 0) is 62.6 Å². The fraction of sp³-hybridized carbons (Fsp3) is 0.560. The molecule has 9 nitrogen and oxygen atoms in total. The molecule has 3 aromatic rings. The Hall–Kier alpha value is -2.93. The zero-order valence-electron chi connectivity index (χ0n) is 20.9. The smallest absolute Gasteiger partial charge is 0.356 e. The summed E-state index contributed by atoms with van der Waals surface area (Å²) in [5.41, 5.74) is 6.26. The molecule has 1 aromatic carbocycles. The molecule has 38 heavy (non-hydrogen) atoms. The molecule has 204 valence electrons. The average Bonchev–Trinajstić information content (AvgIpc) is 3.45. The lowest BCUT2D eigenvalue weighted by atomic mass is 9.88. The van der Waals surface area contributed by atoms with E-state index in [4.69, 9.17) is 10.7 Å². The van der Waals surface area contributed by atoms with Crippen molar-refractivity contribution in [3.63, 3.8) is 0 Å². The van der Waals surface area contributed by atoms with Crippen LogP contribution in [-0.4, -0.2) is 64.3 Å². The minimum atomic E-state index is -4.49. The van der Waals surface area contributed by atoms with Crippen molar-refractivity contribution in [2.24, 2.45) is 11.7 Å². The number of alkyl halides is 3. The van der Waals surface area contributed by atoms with Crippen LogP contribution in [0.4, 0.5) is 24.9 Å². The molecule has 1 saturated heterocycles. The number of nitrogens with zero attached hydrogens (tertiary/aromatic N) is 5. The van der Waals surface area contributed by atoms with Crippen molar-refractivity contribution in [1.82, 2.24) is 19.7 Å². The second-order valence-corrected chi connectivity index (χ2v) is 13.3. The number of sulfone groups is 1. The van der Waals surface area contributed by atoms with Crippen LogP contribution < -0.4 is 16.0 Å². The van der Waals surface area contributed by atoms with Crippen LogP contribution >= 0.6 is 0 Å². The molecule has 6 rings (SSSR count). The first-order valence-corrected chi connectivity index (χ1v) is 14.8. The van der Waals surface area contributed by atoms with Gasteiger partial charge < -0.3 is 16.0 Å². The van der Waals surface area contributed by atoms with Gasteiger partial charge in [0.1, 0.15) is 15.7 Å². The molecule has 3 aliphatic rings. The van der Waals surface area contributed by atoms with Gasteiger partial charge in [-0.1, -0.05) is 6.07 Å². The number of rotatable bonds is 6. The summed E-state index contributed by atoms with van der Waals surface area (Å²) in [6.45, 7) is 1.51. The van der Waals surface area contributed by atoms with Crippen molar-refractivity contribution in [1.29, 1.82) is 0 Å². The van der Waals surface area contributed by atoms with Gasteiger partial charge in [0.15, 0.2) is 5.65 Å². The van der Waals surface area contributed by atoms with Crippen LogP contribution in [0.25, 0.3) is 16.7 Å². The van der Waals surface area contributed by atoms with Crippen molar-refractivity contribution in [2.75, 3.05) is 29.6 Å². The van der Waals surface area contributed by atoms with Gasteiger partial charge in [0.05, 0.1) is 28.1 Å². The predicted octanol–water partition coefficient (Wildman–Crippen LogP) is 3.53. The van der Waals surface area contributed by atoms with E-state index in [-0.39, 0.29) is 17.3 Å². The van der Waals surface area contributed by atoms with E-state index in [9.17, 15) is 21.6 Å². The van der Waals surface area contributed by atoms with Gasteiger partial charge >= 0.3 is 6.18 Å². The maximum absolute atomic E-state index is 13.4. The van der Waals surface area contributed by atoms with Crippen molar-refractivity contribution in [3.8, 4) is 5.69 Å². The molecule has 1 aliphatic heterocycles. The Kier molecular flexibility index (Phi) is 5.87. The molecule has 3 fully saturated rings. The van der Waals surface area contributed by atoms with Crippen molar-refractivity contribution in [3.05, 3.63) is 36.0 Å². The Morgan fingerprint density at radius 2 is 1.84 bits per heavy atom. The Morgan fingerprint density at radius 1 is 1.13 bits per heavy atom. The fourth-order valence-corrected chi connectivity index (χ4v) is 6.80. The Balaban J connectivity index is 1.35. The third-order valence-corrected chi connectivity index (χ3v) is 9.89. The van der Waals surface area contributed by atoms with Gasteiger partial charge in [0.2, 0.25) is 5.95 Å². The van der Waals surface area contributed by atoms with Gasteiger partial charge in [-0.15, -0.1) is 0 Å². The quantitative estimate of drug-likeness (QED) is 0.480. The van der Waals surface area contributed by atoms with E-state index < -0.39 is 26.8 Å². The maximum atomic E-state index is 13.4. The number of piperidine rings is 1. The molecule has 13 heteroatoms. The summed E-state index contributed by atoms with van der Waals surface area (Å²) in [6, 6.07) is 4.86. The van der Waals surface area contributed by atoms with Gasteiger partial charge in [-0.25, -0.2) is 13.1 Å². The van der Waals surface area contributed by atoms with Gasteiger partial charge in [0.25, 0.3) is 0 Å². The molecule has 2 saturated carbocycles. The maximum Gasteiger partial charge on any atom is 0.416 e. The minimum absolute atomic E-state index is 0.0471. The number of fused-ring (bicyclic) bond motifs is 1. The summed E-state index contributed by atoms with van der Waals surface area (Å²) in [7, 11) is -3.12. The topological polar surface area (TPSA) is 119 Å². The molecule has 0 unspecified atom stereocenters. The predicted molar refractivity (Wildman–Crippen MR) is 138 cm³/mol. The standard InChI is InChI=1S/C25H30F3N7O2S/c1-38(36,37)19-12-17(13-19)31-23-32-21(34-9-5-15(6-10-34)24(29)7-8-24)20-14-30-35(22(20)33-23)18-4-2-3-16(11-18)25(26,27)28/h2-4,11,14-15,17,19H,5-10,12-13,29H2,1H3,(H,31,32,33). The average molecular weight is 550 g/mol. The van der Waals surface area contributed by atoms with Crippen LogP contribution in [0.3, 0.4) is 0 Å². The number of hydrogen-bond donors (Lipinski definition) is 2. The number of nitrogens with two attached hydrogens (primary N) is 1. The number of nitrogens with one attached hydrogen (secondary N) is 1. The second-order valence-electron chi connectivity index (χ2n) is 11.0. The summed E-state index contributed by atoms with van der Waals surface area (Å²) in [5, 5.41) is 7.89. The van der Waals surface area contributed by atoms with Crippen molar-refractivity contribution < 1.29 is 21.6 Å². The highest BCUT2D eigenvalue weighted by atomic mass is 32.2. The van der Waals surface area contributed by atoms with Crippen molar-refractivity contribution >= 4 is 32.6 Å². The van der Waals surface area contributed by atoms with Crippen LogP contribution in [0, 0.1) is 5.92 Å². The summed E-state index contributed by atoms with van der Waals surface area (Å²) in [5.74, 6) is 1.43. The van der Waals surface area contributed by atoms with E-state index in [0.717, 1.165) is 50.9 Å². The first-order chi connectivity index (χ1) is 17.9. The van der Waals surface area contributed by atoms with Crippen LogP contribution in [0.2, 0.25) is 0 Å². The molecule has 0 atom stereocenters. The highest BCUT2D eigenvalue weighted by molar-refractivity contribution is 7.91. The normalized spacial score (nSPS) is 23.9. The SMILES string of the molecule is CS(=O)(=O)C1CC(Nc2nc(N3CCC(C4(N)CC4)CC3)c3cnn(-c4cccc(C(F)(F)F)c4)c3n2)C1. The number of halogens is 3. The number of anilines is 2. The fourth-order valence-electron chi connectivity index (χ4n) is 5.64. The highest BCUT2D eigenvalue weighted by Crippen LogP contribution is 2.45. The molecule has 0 radical (unpaired) electrons. The van der Waals surface area contributed by atoms with E-state index in [2.05, 4.69) is 20.3 Å². The van der Waals surface area contributed by atoms with Crippen LogP contribution in [0.5, 0.6) is 0 Å². The minimum Gasteiger partial charge on any atom is -0.356 e. The van der Waals surface area contributed by atoms with Gasteiger partial charge in [-0.3, -0.25) is 0 Å². The van der Waals surface area contributed by atoms with Crippen molar-refractivity contribution in [2.45, 2.75) is 61.5 Å². The molecule has 3 heterocycles. The third-order valence-electron chi connectivity index (χ3n) is 8.29. The summed E-state index contributed by atoms with van der Waals surface area (Å²) in [6.07, 6.45) is 3.23. The summed E-state index contributed by atoms with van der Waals surface area (Å²) < 4.78 is 65.3. The number of hydrogen-bond acceptors (Lipinski definition) is 8. The van der Waals surface area contributed by atoms with Crippen LogP contribution in [0.15, 0.2) is 30.5 Å². The second kappa shape index (κ2) is 8.80. The highest BCUT2D eigenvalue weighted by Gasteiger charge is 2.46. The molecule has 3 N–H and O–H groups in total. The Bertz CT molecular complexity index is 1470. The lowest BCUT2D eigenvalue weighted by Crippen LogP contribution is -2.44. The van der Waals surface area contributed by atoms with Crippen LogP contribution in [0.1, 0.15) is 44.1 Å².